The molecule has 1 N–H and O–H groups in total. The number of carbonyl (C=O) groups excluding carboxylic acids is 2. The molecular weight excluding hydrogens is 228 g/mol. The van der Waals surface area contributed by atoms with Gasteiger partial charge in [-0.3, -0.25) is 9.59 Å². The van der Waals surface area contributed by atoms with E-state index in [1.807, 2.05) is 0 Å². The molecule has 1 aliphatic rings. The molecule has 2 unspecified atom stereocenters. The highest BCUT2D eigenvalue weighted by Crippen LogP contribution is 2.12. The number of nitrogens with zero attached hydrogens (tertiary/aromatic N) is 1. The third kappa shape index (κ3) is 4.00. The SMILES string of the molecule is CCCCCCCCN1C(=O)C(C)NC(=O)C1C. The molecule has 4 nitrogen and oxygen atoms in total. The number of hydrogen-bond donors (Lipinski definition) is 1. The minimum atomic E-state index is -0.367. The lowest BCUT2D eigenvalue weighted by atomic mass is 10.1. The van der Waals surface area contributed by atoms with Crippen molar-refractivity contribution in [3.63, 3.8) is 0 Å². The molecule has 1 fully saturated rings. The van der Waals surface area contributed by atoms with E-state index in [9.17, 15) is 9.59 Å². The minimum absolute atomic E-state index is 0.0342. The highest BCUT2D eigenvalue weighted by atomic mass is 16.2. The largest absolute Gasteiger partial charge is 0.343 e. The molecule has 0 saturated carbocycles. The van der Waals surface area contributed by atoms with Crippen molar-refractivity contribution < 1.29 is 9.59 Å². The molecule has 0 aromatic rings. The topological polar surface area (TPSA) is 49.4 Å². The second-order valence-corrected chi connectivity index (χ2v) is 5.21. The summed E-state index contributed by atoms with van der Waals surface area (Å²) in [6.45, 7) is 6.47. The van der Waals surface area contributed by atoms with Crippen molar-refractivity contribution in [3.8, 4) is 0 Å². The molecule has 2 amide bonds. The highest BCUT2D eigenvalue weighted by Gasteiger charge is 2.34. The van der Waals surface area contributed by atoms with Gasteiger partial charge in [0.1, 0.15) is 12.1 Å². The molecule has 0 radical (unpaired) electrons. The van der Waals surface area contributed by atoms with Crippen LogP contribution in [0, 0.1) is 0 Å². The fraction of sp³-hybridized carbons (Fsp3) is 0.857. The highest BCUT2D eigenvalue weighted by molar-refractivity contribution is 5.96. The molecule has 4 heteroatoms. The van der Waals surface area contributed by atoms with Crippen LogP contribution in [0.5, 0.6) is 0 Å². The van der Waals surface area contributed by atoms with Crippen LogP contribution in [-0.4, -0.2) is 35.3 Å². The molecule has 0 aliphatic carbocycles. The van der Waals surface area contributed by atoms with Gasteiger partial charge in [-0.25, -0.2) is 0 Å². The van der Waals surface area contributed by atoms with Gasteiger partial charge in [0.25, 0.3) is 0 Å². The molecule has 1 saturated heterocycles. The number of piperazine rings is 1. The number of rotatable bonds is 7. The van der Waals surface area contributed by atoms with Gasteiger partial charge < -0.3 is 10.2 Å². The third-order valence-electron chi connectivity index (χ3n) is 3.61. The minimum Gasteiger partial charge on any atom is -0.343 e. The summed E-state index contributed by atoms with van der Waals surface area (Å²) in [5.41, 5.74) is 0. The van der Waals surface area contributed by atoms with Crippen LogP contribution in [0.2, 0.25) is 0 Å². The molecule has 1 heterocycles. The number of unbranched alkanes of at least 4 members (excludes halogenated alkanes) is 5. The zero-order valence-electron chi connectivity index (χ0n) is 11.9. The Labute approximate surface area is 110 Å². The van der Waals surface area contributed by atoms with E-state index in [2.05, 4.69) is 12.2 Å². The Bertz CT molecular complexity index is 292. The van der Waals surface area contributed by atoms with E-state index < -0.39 is 0 Å². The van der Waals surface area contributed by atoms with Crippen LogP contribution < -0.4 is 5.32 Å². The van der Waals surface area contributed by atoms with Crippen molar-refractivity contribution in [2.24, 2.45) is 0 Å². The second-order valence-electron chi connectivity index (χ2n) is 5.21. The molecular formula is C14H26N2O2. The summed E-state index contributed by atoms with van der Waals surface area (Å²) in [6.07, 6.45) is 7.19. The summed E-state index contributed by atoms with van der Waals surface area (Å²) in [7, 11) is 0. The van der Waals surface area contributed by atoms with Crippen LogP contribution in [-0.2, 0) is 9.59 Å². The number of hydrogen-bond acceptors (Lipinski definition) is 2. The normalized spacial score (nSPS) is 24.3. The van der Waals surface area contributed by atoms with Gasteiger partial charge >= 0.3 is 0 Å². The first-order valence-electron chi connectivity index (χ1n) is 7.18. The molecule has 0 aromatic heterocycles. The fourth-order valence-electron chi connectivity index (χ4n) is 2.34. The first-order valence-corrected chi connectivity index (χ1v) is 7.18. The fourth-order valence-corrected chi connectivity index (χ4v) is 2.34. The van der Waals surface area contributed by atoms with Crippen LogP contribution in [0.15, 0.2) is 0 Å². The maximum absolute atomic E-state index is 12.0. The van der Waals surface area contributed by atoms with Gasteiger partial charge in [0.2, 0.25) is 11.8 Å². The molecule has 0 aromatic carbocycles. The average molecular weight is 254 g/mol. The molecule has 1 aliphatic heterocycles. The van der Waals surface area contributed by atoms with E-state index in [0.29, 0.717) is 6.54 Å². The van der Waals surface area contributed by atoms with E-state index in [-0.39, 0.29) is 23.9 Å². The van der Waals surface area contributed by atoms with Gasteiger partial charge in [-0.15, -0.1) is 0 Å². The summed E-state index contributed by atoms with van der Waals surface area (Å²) >= 11 is 0. The molecule has 2 atom stereocenters. The average Bonchev–Trinajstić information content (AvgIpc) is 2.35. The first kappa shape index (κ1) is 15.0. The van der Waals surface area contributed by atoms with Crippen molar-refractivity contribution >= 4 is 11.8 Å². The Kier molecular flexibility index (Phi) is 6.16. The number of amides is 2. The molecule has 0 spiro atoms. The zero-order valence-corrected chi connectivity index (χ0v) is 11.9. The van der Waals surface area contributed by atoms with Gasteiger partial charge in [0.15, 0.2) is 0 Å². The number of nitrogens with one attached hydrogen (secondary N) is 1. The van der Waals surface area contributed by atoms with Gasteiger partial charge in [-0.2, -0.15) is 0 Å². The van der Waals surface area contributed by atoms with Crippen LogP contribution >= 0.6 is 0 Å². The van der Waals surface area contributed by atoms with Crippen molar-refractivity contribution in [2.45, 2.75) is 71.4 Å². The predicted molar refractivity (Wildman–Crippen MR) is 72.2 cm³/mol. The van der Waals surface area contributed by atoms with E-state index >= 15 is 0 Å². The Morgan fingerprint density at radius 3 is 2.33 bits per heavy atom. The van der Waals surface area contributed by atoms with Crippen molar-refractivity contribution in [1.29, 1.82) is 0 Å². The Hall–Kier alpha value is -1.06. The summed E-state index contributed by atoms with van der Waals surface area (Å²) in [6, 6.07) is -0.682. The van der Waals surface area contributed by atoms with Crippen molar-refractivity contribution in [3.05, 3.63) is 0 Å². The smallest absolute Gasteiger partial charge is 0.245 e. The Morgan fingerprint density at radius 1 is 1.06 bits per heavy atom. The second kappa shape index (κ2) is 7.39. The number of carbonyl (C=O) groups is 2. The van der Waals surface area contributed by atoms with E-state index in [4.69, 9.17) is 0 Å². The maximum atomic E-state index is 12.0. The lowest BCUT2D eigenvalue weighted by molar-refractivity contribution is -0.148. The third-order valence-corrected chi connectivity index (χ3v) is 3.61. The molecule has 104 valence electrons. The summed E-state index contributed by atoms with van der Waals surface area (Å²) < 4.78 is 0. The Morgan fingerprint density at radius 2 is 1.67 bits per heavy atom. The van der Waals surface area contributed by atoms with E-state index in [1.165, 1.54) is 25.7 Å². The Balaban J connectivity index is 2.30. The maximum Gasteiger partial charge on any atom is 0.245 e. The molecule has 1 rings (SSSR count). The standard InChI is InChI=1S/C14H26N2O2/c1-4-5-6-7-8-9-10-16-12(3)13(17)15-11(2)14(16)18/h11-12H,4-10H2,1-3H3,(H,15,17). The van der Waals surface area contributed by atoms with Crippen LogP contribution in [0.4, 0.5) is 0 Å². The summed E-state index contributed by atoms with van der Waals surface area (Å²) in [5, 5.41) is 2.70. The lowest BCUT2D eigenvalue weighted by Crippen LogP contribution is -2.61. The first-order chi connectivity index (χ1) is 8.57. The van der Waals surface area contributed by atoms with E-state index in [1.54, 1.807) is 18.7 Å². The van der Waals surface area contributed by atoms with Gasteiger partial charge in [0, 0.05) is 6.54 Å². The van der Waals surface area contributed by atoms with Crippen LogP contribution in [0.3, 0.4) is 0 Å². The monoisotopic (exact) mass is 254 g/mol. The van der Waals surface area contributed by atoms with Crippen molar-refractivity contribution in [1.82, 2.24) is 10.2 Å². The van der Waals surface area contributed by atoms with Gasteiger partial charge in [-0.05, 0) is 20.3 Å². The quantitative estimate of drug-likeness (QED) is 0.707. The van der Waals surface area contributed by atoms with Crippen LogP contribution in [0.25, 0.3) is 0 Å². The van der Waals surface area contributed by atoms with Gasteiger partial charge in [0.05, 0.1) is 0 Å². The molecule has 0 bridgehead atoms. The summed E-state index contributed by atoms with van der Waals surface area (Å²) in [5.74, 6) is 0.0174. The van der Waals surface area contributed by atoms with E-state index in [0.717, 1.165) is 12.8 Å². The van der Waals surface area contributed by atoms with Crippen molar-refractivity contribution in [2.75, 3.05) is 6.54 Å². The molecule has 18 heavy (non-hydrogen) atoms. The predicted octanol–water partition coefficient (Wildman–Crippen LogP) is 2.08. The zero-order chi connectivity index (χ0) is 13.5. The summed E-state index contributed by atoms with van der Waals surface area (Å²) in [4.78, 5) is 25.3. The van der Waals surface area contributed by atoms with Crippen LogP contribution in [0.1, 0.15) is 59.3 Å². The van der Waals surface area contributed by atoms with Gasteiger partial charge in [-0.1, -0.05) is 39.0 Å². The lowest BCUT2D eigenvalue weighted by Gasteiger charge is -2.36.